The molecule has 6 nitrogen and oxygen atoms in total. The number of nitriles is 1. The molecular weight excluding hydrogens is 325 g/mol. The number of nitrogens with zero attached hydrogens (tertiary/aromatic N) is 4. The van der Waals surface area contributed by atoms with Crippen LogP contribution in [0.5, 0.6) is 0 Å². The van der Waals surface area contributed by atoms with Gasteiger partial charge < -0.3 is 0 Å². The minimum atomic E-state index is -4.91. The van der Waals surface area contributed by atoms with Gasteiger partial charge in [0.2, 0.25) is 5.69 Å². The molecule has 0 saturated carbocycles. The summed E-state index contributed by atoms with van der Waals surface area (Å²) in [5.41, 5.74) is -1.77. The highest BCUT2D eigenvalue weighted by Crippen LogP contribution is 2.40. The van der Waals surface area contributed by atoms with Crippen LogP contribution in [0.15, 0.2) is 24.3 Å². The fourth-order valence-electron chi connectivity index (χ4n) is 2.29. The number of hydrogen-bond acceptors (Lipinski definition) is 4. The molecule has 126 valence electrons. The van der Waals surface area contributed by atoms with E-state index in [1.807, 2.05) is 6.07 Å². The second-order valence-electron chi connectivity index (χ2n) is 5.46. The molecule has 0 aliphatic carbocycles. The van der Waals surface area contributed by atoms with Crippen molar-refractivity contribution in [2.24, 2.45) is 0 Å². The van der Waals surface area contributed by atoms with Gasteiger partial charge in [-0.25, -0.2) is 4.68 Å². The molecule has 0 unspecified atom stereocenters. The van der Waals surface area contributed by atoms with Gasteiger partial charge in [-0.1, -0.05) is 26.0 Å². The molecule has 9 heteroatoms. The molecule has 2 aromatic rings. The van der Waals surface area contributed by atoms with Crippen LogP contribution in [0.4, 0.5) is 18.9 Å². The molecule has 0 N–H and O–H groups in total. The van der Waals surface area contributed by atoms with Crippen LogP contribution in [-0.4, -0.2) is 14.7 Å². The summed E-state index contributed by atoms with van der Waals surface area (Å²) in [6.07, 6.45) is -4.91. The predicted octanol–water partition coefficient (Wildman–Crippen LogP) is 3.85. The summed E-state index contributed by atoms with van der Waals surface area (Å²) >= 11 is 0. The number of aromatic nitrogens is 2. The maximum Gasteiger partial charge on any atom is 0.439 e. The van der Waals surface area contributed by atoms with Gasteiger partial charge in [-0.15, -0.1) is 0 Å². The van der Waals surface area contributed by atoms with Crippen LogP contribution in [0, 0.1) is 21.4 Å². The maximum absolute atomic E-state index is 13.4. The van der Waals surface area contributed by atoms with E-state index in [0.29, 0.717) is 15.8 Å². The highest BCUT2D eigenvalue weighted by Gasteiger charge is 2.46. The van der Waals surface area contributed by atoms with Crippen molar-refractivity contribution in [3.8, 4) is 6.07 Å². The second kappa shape index (κ2) is 6.31. The van der Waals surface area contributed by atoms with Gasteiger partial charge in [-0.2, -0.15) is 23.5 Å². The van der Waals surface area contributed by atoms with Crippen molar-refractivity contribution in [1.29, 1.82) is 5.26 Å². The lowest BCUT2D eigenvalue weighted by Crippen LogP contribution is -2.17. The smallest absolute Gasteiger partial charge is 0.258 e. The Kier molecular flexibility index (Phi) is 4.59. The lowest BCUT2D eigenvalue weighted by molar-refractivity contribution is -0.389. The Labute approximate surface area is 135 Å². The van der Waals surface area contributed by atoms with Crippen molar-refractivity contribution >= 4 is 5.69 Å². The quantitative estimate of drug-likeness (QED) is 0.626. The Morgan fingerprint density at radius 3 is 2.33 bits per heavy atom. The van der Waals surface area contributed by atoms with E-state index in [9.17, 15) is 23.3 Å². The highest BCUT2D eigenvalue weighted by molar-refractivity contribution is 5.45. The third-order valence-corrected chi connectivity index (χ3v) is 3.37. The van der Waals surface area contributed by atoms with E-state index in [2.05, 4.69) is 5.10 Å². The van der Waals surface area contributed by atoms with Gasteiger partial charge in [0.25, 0.3) is 0 Å². The zero-order valence-corrected chi connectivity index (χ0v) is 12.8. The molecular formula is C15H13F3N4O2. The number of halogens is 3. The molecule has 0 radical (unpaired) electrons. The summed E-state index contributed by atoms with van der Waals surface area (Å²) in [5, 5.41) is 23.7. The molecule has 1 aromatic heterocycles. The fraction of sp³-hybridized carbons (Fsp3) is 0.333. The van der Waals surface area contributed by atoms with Crippen molar-refractivity contribution in [1.82, 2.24) is 9.78 Å². The second-order valence-corrected chi connectivity index (χ2v) is 5.46. The van der Waals surface area contributed by atoms with Crippen molar-refractivity contribution < 1.29 is 18.1 Å². The van der Waals surface area contributed by atoms with E-state index in [4.69, 9.17) is 5.26 Å². The van der Waals surface area contributed by atoms with Crippen LogP contribution in [0.2, 0.25) is 0 Å². The molecule has 1 aromatic carbocycles. The first-order valence-electron chi connectivity index (χ1n) is 6.96. The number of alkyl halides is 3. The largest absolute Gasteiger partial charge is 0.439 e. The SMILES string of the molecule is CC(C)c1nn(Cc2ccc(C#N)cc2)c(C(F)(F)F)c1[N+](=O)[O-]. The molecule has 0 fully saturated rings. The first-order valence-corrected chi connectivity index (χ1v) is 6.96. The van der Waals surface area contributed by atoms with Crippen molar-refractivity contribution in [2.45, 2.75) is 32.5 Å². The molecule has 1 heterocycles. The van der Waals surface area contributed by atoms with Gasteiger partial charge in [0.15, 0.2) is 0 Å². The summed E-state index contributed by atoms with van der Waals surface area (Å²) in [6, 6.07) is 7.80. The van der Waals surface area contributed by atoms with Crippen molar-refractivity contribution in [3.63, 3.8) is 0 Å². The molecule has 0 bridgehead atoms. The standard InChI is InChI=1S/C15H13F3N4O2/c1-9(2)12-13(22(23)24)14(15(16,17)18)21(20-12)8-11-5-3-10(7-19)4-6-11/h3-6,9H,8H2,1-2H3. The van der Waals surface area contributed by atoms with Crippen LogP contribution in [-0.2, 0) is 12.7 Å². The zero-order valence-electron chi connectivity index (χ0n) is 12.8. The number of rotatable bonds is 4. The van der Waals surface area contributed by atoms with Crippen LogP contribution in [0.1, 0.15) is 42.3 Å². The van der Waals surface area contributed by atoms with E-state index in [-0.39, 0.29) is 12.2 Å². The normalized spacial score (nSPS) is 11.5. The Morgan fingerprint density at radius 1 is 1.33 bits per heavy atom. The van der Waals surface area contributed by atoms with E-state index < -0.39 is 28.4 Å². The van der Waals surface area contributed by atoms with Gasteiger partial charge in [0, 0.05) is 5.92 Å². The summed E-state index contributed by atoms with van der Waals surface area (Å²) in [7, 11) is 0. The Hall–Kier alpha value is -2.89. The summed E-state index contributed by atoms with van der Waals surface area (Å²) in [5.74, 6) is -0.534. The van der Waals surface area contributed by atoms with Gasteiger partial charge in [0.05, 0.1) is 23.1 Å². The first-order chi connectivity index (χ1) is 11.1. The summed E-state index contributed by atoms with van der Waals surface area (Å²) in [4.78, 5) is 10.1. The molecule has 0 aliphatic heterocycles. The minimum absolute atomic E-state index is 0.207. The third kappa shape index (κ3) is 3.37. The highest BCUT2D eigenvalue weighted by atomic mass is 19.4. The molecule has 0 amide bonds. The average Bonchev–Trinajstić information content (AvgIpc) is 2.88. The van der Waals surface area contributed by atoms with Crippen LogP contribution in [0.3, 0.4) is 0 Å². The lowest BCUT2D eigenvalue weighted by atomic mass is 10.1. The number of benzene rings is 1. The molecule has 2 rings (SSSR count). The van der Waals surface area contributed by atoms with Crippen LogP contribution in [0.25, 0.3) is 0 Å². The lowest BCUT2D eigenvalue weighted by Gasteiger charge is -2.09. The van der Waals surface area contributed by atoms with Crippen molar-refractivity contribution in [2.75, 3.05) is 0 Å². The van der Waals surface area contributed by atoms with Crippen molar-refractivity contribution in [3.05, 3.63) is 56.9 Å². The van der Waals surface area contributed by atoms with E-state index in [0.717, 1.165) is 0 Å². The topological polar surface area (TPSA) is 84.8 Å². The Bertz CT molecular complexity index is 802. The summed E-state index contributed by atoms with van der Waals surface area (Å²) in [6.45, 7) is 2.80. The average molecular weight is 338 g/mol. The number of hydrogen-bond donors (Lipinski definition) is 0. The molecule has 0 saturated heterocycles. The molecule has 0 spiro atoms. The van der Waals surface area contributed by atoms with Gasteiger partial charge in [0.1, 0.15) is 5.69 Å². The predicted molar refractivity (Wildman–Crippen MR) is 78.2 cm³/mol. The molecule has 24 heavy (non-hydrogen) atoms. The monoisotopic (exact) mass is 338 g/mol. The third-order valence-electron chi connectivity index (χ3n) is 3.37. The first kappa shape index (κ1) is 17.5. The van der Waals surface area contributed by atoms with Crippen LogP contribution < -0.4 is 0 Å². The Morgan fingerprint density at radius 2 is 1.92 bits per heavy atom. The minimum Gasteiger partial charge on any atom is -0.258 e. The zero-order chi connectivity index (χ0) is 18.1. The van der Waals surface area contributed by atoms with E-state index in [1.54, 1.807) is 13.8 Å². The van der Waals surface area contributed by atoms with Gasteiger partial charge in [-0.05, 0) is 17.7 Å². The van der Waals surface area contributed by atoms with Gasteiger partial charge >= 0.3 is 11.9 Å². The van der Waals surface area contributed by atoms with E-state index in [1.165, 1.54) is 24.3 Å². The Balaban J connectivity index is 2.58. The van der Waals surface area contributed by atoms with Crippen LogP contribution >= 0.6 is 0 Å². The maximum atomic E-state index is 13.4. The van der Waals surface area contributed by atoms with E-state index >= 15 is 0 Å². The fourth-order valence-corrected chi connectivity index (χ4v) is 2.29. The summed E-state index contributed by atoms with van der Waals surface area (Å²) < 4.78 is 40.7. The number of nitro groups is 1. The van der Waals surface area contributed by atoms with Gasteiger partial charge in [-0.3, -0.25) is 10.1 Å². The molecule has 0 atom stereocenters. The molecule has 0 aliphatic rings.